The summed E-state index contributed by atoms with van der Waals surface area (Å²) in [5, 5.41) is 6.32. The van der Waals surface area contributed by atoms with Gasteiger partial charge in [-0.3, -0.25) is 0 Å². The molecular formula is C25H21ClN4O2. The summed E-state index contributed by atoms with van der Waals surface area (Å²) in [5.74, 6) is 1.67. The number of hydrogen-bond donors (Lipinski definition) is 0. The lowest BCUT2D eigenvalue weighted by atomic mass is 10.2. The van der Waals surface area contributed by atoms with Crippen LogP contribution in [0.25, 0.3) is 28.2 Å². The van der Waals surface area contributed by atoms with E-state index < -0.39 is 0 Å². The van der Waals surface area contributed by atoms with E-state index in [1.165, 1.54) is 0 Å². The van der Waals surface area contributed by atoms with Crippen molar-refractivity contribution < 1.29 is 9.15 Å². The Labute approximate surface area is 190 Å². The molecule has 0 amide bonds. The molecule has 0 spiro atoms. The van der Waals surface area contributed by atoms with Crippen LogP contribution in [0.4, 0.5) is 0 Å². The van der Waals surface area contributed by atoms with Crippen LogP contribution >= 0.6 is 11.6 Å². The highest BCUT2D eigenvalue weighted by Crippen LogP contribution is 2.30. The molecule has 0 fully saturated rings. The summed E-state index contributed by atoms with van der Waals surface area (Å²) in [6, 6.07) is 19.3. The third-order valence-electron chi connectivity index (χ3n) is 5.34. The molecule has 2 aromatic carbocycles. The number of ether oxygens (including phenoxy) is 1. The van der Waals surface area contributed by atoms with Gasteiger partial charge in [0.2, 0.25) is 11.8 Å². The molecule has 5 rings (SSSR count). The number of benzene rings is 2. The highest BCUT2D eigenvalue weighted by Gasteiger charge is 2.17. The van der Waals surface area contributed by atoms with Crippen LogP contribution in [-0.2, 0) is 6.61 Å². The monoisotopic (exact) mass is 444 g/mol. The van der Waals surface area contributed by atoms with E-state index in [1.54, 1.807) is 0 Å². The summed E-state index contributed by atoms with van der Waals surface area (Å²) < 4.78 is 13.7. The van der Waals surface area contributed by atoms with E-state index in [0.29, 0.717) is 28.2 Å². The number of hydrogen-bond acceptors (Lipinski definition) is 5. The van der Waals surface area contributed by atoms with E-state index >= 15 is 0 Å². The second kappa shape index (κ2) is 8.13. The average molecular weight is 445 g/mol. The molecule has 0 aliphatic carbocycles. The van der Waals surface area contributed by atoms with Gasteiger partial charge in [-0.1, -0.05) is 41.9 Å². The predicted molar refractivity (Wildman–Crippen MR) is 124 cm³/mol. The Kier molecular flexibility index (Phi) is 5.15. The van der Waals surface area contributed by atoms with Crippen LogP contribution < -0.4 is 4.74 Å². The highest BCUT2D eigenvalue weighted by atomic mass is 35.5. The van der Waals surface area contributed by atoms with Crippen LogP contribution in [0.2, 0.25) is 5.02 Å². The minimum atomic E-state index is 0.232. The van der Waals surface area contributed by atoms with E-state index in [0.717, 1.165) is 33.5 Å². The summed E-state index contributed by atoms with van der Waals surface area (Å²) in [4.78, 5) is 9.34. The number of halogens is 1. The number of nitrogens with zero attached hydrogens (tertiary/aromatic N) is 4. The van der Waals surface area contributed by atoms with E-state index in [4.69, 9.17) is 30.8 Å². The maximum atomic E-state index is 6.28. The zero-order valence-corrected chi connectivity index (χ0v) is 18.7. The van der Waals surface area contributed by atoms with Crippen LogP contribution in [0.3, 0.4) is 0 Å². The maximum absolute atomic E-state index is 6.28. The number of aryl methyl sites for hydroxylation is 3. The molecular weight excluding hydrogens is 424 g/mol. The van der Waals surface area contributed by atoms with E-state index in [-0.39, 0.29) is 6.61 Å². The Balaban J connectivity index is 1.46. The standard InChI is InChI=1S/C25H21ClN4O2/c1-15-13-22(28-24-23(15)16(2)29-30(24)18-9-5-4-6-10-18)31-14-21-17(3)32-25(27-21)19-11-7-8-12-20(19)26/h4-13H,14H2,1-3H3. The van der Waals surface area contributed by atoms with Crippen molar-refractivity contribution in [3.63, 3.8) is 0 Å². The van der Waals surface area contributed by atoms with E-state index in [9.17, 15) is 0 Å². The van der Waals surface area contributed by atoms with Gasteiger partial charge in [-0.25, -0.2) is 9.67 Å². The van der Waals surface area contributed by atoms with E-state index in [1.807, 2.05) is 86.1 Å². The van der Waals surface area contributed by atoms with Crippen LogP contribution in [0.1, 0.15) is 22.7 Å². The lowest BCUT2D eigenvalue weighted by molar-refractivity contribution is 0.288. The minimum absolute atomic E-state index is 0.232. The lowest BCUT2D eigenvalue weighted by Crippen LogP contribution is -2.02. The van der Waals surface area contributed by atoms with Gasteiger partial charge in [-0.2, -0.15) is 10.1 Å². The number of pyridine rings is 1. The second-order valence-corrected chi connectivity index (χ2v) is 8.01. The Morgan fingerprint density at radius 2 is 1.72 bits per heavy atom. The van der Waals surface area contributed by atoms with Crippen molar-refractivity contribution in [1.29, 1.82) is 0 Å². The summed E-state index contributed by atoms with van der Waals surface area (Å²) in [6.45, 7) is 6.13. The van der Waals surface area contributed by atoms with Gasteiger partial charge in [0.1, 0.15) is 18.1 Å². The van der Waals surface area contributed by atoms with Crippen molar-refractivity contribution in [2.45, 2.75) is 27.4 Å². The van der Waals surface area contributed by atoms with Gasteiger partial charge in [0.05, 0.1) is 22.0 Å². The van der Waals surface area contributed by atoms with Gasteiger partial charge in [0.15, 0.2) is 5.65 Å². The second-order valence-electron chi connectivity index (χ2n) is 7.60. The largest absolute Gasteiger partial charge is 0.471 e. The van der Waals surface area contributed by atoms with Gasteiger partial charge in [-0.15, -0.1) is 0 Å². The van der Waals surface area contributed by atoms with Crippen molar-refractivity contribution in [3.05, 3.63) is 88.4 Å². The van der Waals surface area contributed by atoms with Gasteiger partial charge in [0.25, 0.3) is 0 Å². The Hall–Kier alpha value is -3.64. The predicted octanol–water partition coefficient (Wildman–Crippen LogP) is 6.23. The van der Waals surface area contributed by atoms with Crippen LogP contribution in [0, 0.1) is 20.8 Å². The first kappa shape index (κ1) is 20.3. The third kappa shape index (κ3) is 3.63. The number of aromatic nitrogens is 4. The molecule has 0 aliphatic rings. The van der Waals surface area contributed by atoms with Crippen molar-refractivity contribution in [2.24, 2.45) is 0 Å². The fraction of sp³-hybridized carbons (Fsp3) is 0.160. The molecule has 0 radical (unpaired) electrons. The van der Waals surface area contributed by atoms with Crippen LogP contribution in [-0.4, -0.2) is 19.7 Å². The Morgan fingerprint density at radius 3 is 2.50 bits per heavy atom. The summed E-state index contributed by atoms with van der Waals surface area (Å²) in [7, 11) is 0. The molecule has 3 heterocycles. The number of oxazole rings is 1. The molecule has 0 saturated carbocycles. The Bertz CT molecular complexity index is 1420. The first-order valence-electron chi connectivity index (χ1n) is 10.3. The first-order valence-corrected chi connectivity index (χ1v) is 10.7. The fourth-order valence-corrected chi connectivity index (χ4v) is 3.97. The van der Waals surface area contributed by atoms with Crippen molar-refractivity contribution in [3.8, 4) is 23.0 Å². The van der Waals surface area contributed by atoms with Gasteiger partial charge in [0, 0.05) is 11.5 Å². The lowest BCUT2D eigenvalue weighted by Gasteiger charge is -2.07. The van der Waals surface area contributed by atoms with Gasteiger partial charge in [-0.05, 0) is 50.6 Å². The first-order chi connectivity index (χ1) is 15.5. The van der Waals surface area contributed by atoms with Crippen LogP contribution in [0.5, 0.6) is 5.88 Å². The molecule has 0 saturated heterocycles. The van der Waals surface area contributed by atoms with Crippen molar-refractivity contribution in [1.82, 2.24) is 19.7 Å². The normalized spacial score (nSPS) is 11.2. The summed E-state index contributed by atoms with van der Waals surface area (Å²) in [6.07, 6.45) is 0. The highest BCUT2D eigenvalue weighted by molar-refractivity contribution is 6.33. The number of rotatable bonds is 5. The molecule has 160 valence electrons. The molecule has 3 aromatic heterocycles. The average Bonchev–Trinajstić information content (AvgIpc) is 3.33. The van der Waals surface area contributed by atoms with Gasteiger partial charge >= 0.3 is 0 Å². The quantitative estimate of drug-likeness (QED) is 0.321. The number of para-hydroxylation sites is 1. The van der Waals surface area contributed by atoms with Crippen LogP contribution in [0.15, 0.2) is 65.1 Å². The topological polar surface area (TPSA) is 66.0 Å². The summed E-state index contributed by atoms with van der Waals surface area (Å²) in [5.41, 5.74) is 5.15. The molecule has 0 bridgehead atoms. The zero-order chi connectivity index (χ0) is 22.2. The molecule has 32 heavy (non-hydrogen) atoms. The zero-order valence-electron chi connectivity index (χ0n) is 18.0. The Morgan fingerprint density at radius 1 is 0.969 bits per heavy atom. The third-order valence-corrected chi connectivity index (χ3v) is 5.67. The summed E-state index contributed by atoms with van der Waals surface area (Å²) >= 11 is 6.28. The molecule has 0 atom stereocenters. The van der Waals surface area contributed by atoms with E-state index in [2.05, 4.69) is 4.98 Å². The minimum Gasteiger partial charge on any atom is -0.471 e. The molecule has 7 heteroatoms. The van der Waals surface area contributed by atoms with Gasteiger partial charge < -0.3 is 9.15 Å². The maximum Gasteiger partial charge on any atom is 0.228 e. The number of fused-ring (bicyclic) bond motifs is 1. The van der Waals surface area contributed by atoms with Crippen molar-refractivity contribution in [2.75, 3.05) is 0 Å². The molecule has 0 aliphatic heterocycles. The fourth-order valence-electron chi connectivity index (χ4n) is 3.75. The molecule has 0 N–H and O–H groups in total. The smallest absolute Gasteiger partial charge is 0.228 e. The molecule has 5 aromatic rings. The molecule has 6 nitrogen and oxygen atoms in total. The SMILES string of the molecule is Cc1oc(-c2ccccc2Cl)nc1COc1cc(C)c2c(C)nn(-c3ccccc3)c2n1. The molecule has 0 unspecified atom stereocenters. The van der Waals surface area contributed by atoms with Crippen molar-refractivity contribution >= 4 is 22.6 Å².